The molecule has 12 heteroatoms. The number of primary amides is 1. The van der Waals surface area contributed by atoms with Crippen molar-refractivity contribution in [2.24, 2.45) is 5.73 Å². The van der Waals surface area contributed by atoms with Crippen LogP contribution in [0.5, 0.6) is 5.75 Å². The number of benzene rings is 1. The normalized spacial score (nSPS) is 19.1. The minimum absolute atomic E-state index is 0.0413. The summed E-state index contributed by atoms with van der Waals surface area (Å²) in [6.45, 7) is 2.23. The molecular formula is C19H20F2N6O4. The second-order valence-corrected chi connectivity index (χ2v) is 7.27. The maximum absolute atomic E-state index is 13.5. The van der Waals surface area contributed by atoms with E-state index in [1.54, 1.807) is 29.7 Å². The predicted octanol–water partition coefficient (Wildman–Crippen LogP) is 1.26. The molecule has 2 aromatic rings. The molecule has 1 unspecified atom stereocenters. The number of rotatable bonds is 5. The number of nitrogens with two attached hydrogens (primary N) is 1. The average Bonchev–Trinajstić information content (AvgIpc) is 3.16. The van der Waals surface area contributed by atoms with Gasteiger partial charge in [-0.15, -0.1) is 0 Å². The first-order valence-electron chi connectivity index (χ1n) is 9.48. The molecule has 2 aliphatic rings. The van der Waals surface area contributed by atoms with E-state index in [4.69, 9.17) is 10.5 Å². The van der Waals surface area contributed by atoms with Gasteiger partial charge in [-0.25, -0.2) is 18.6 Å². The lowest BCUT2D eigenvalue weighted by molar-refractivity contribution is -0.129. The van der Waals surface area contributed by atoms with Crippen molar-refractivity contribution in [2.75, 3.05) is 23.9 Å². The summed E-state index contributed by atoms with van der Waals surface area (Å²) in [5, 5.41) is 2.96. The van der Waals surface area contributed by atoms with Gasteiger partial charge in [0.1, 0.15) is 24.2 Å². The quantitative estimate of drug-likeness (QED) is 0.683. The number of alkyl halides is 2. The molecule has 0 radical (unpaired) electrons. The number of nitrogens with zero attached hydrogens (tertiary/aromatic N) is 4. The van der Waals surface area contributed by atoms with Crippen molar-refractivity contribution in [1.82, 2.24) is 14.5 Å². The lowest BCUT2D eigenvalue weighted by atomic mass is 10.1. The molecule has 3 heterocycles. The smallest absolute Gasteiger partial charge is 0.333 e. The van der Waals surface area contributed by atoms with Crippen LogP contribution in [-0.2, 0) is 16.1 Å². The predicted molar refractivity (Wildman–Crippen MR) is 106 cm³/mol. The lowest BCUT2D eigenvalue weighted by Gasteiger charge is -2.18. The van der Waals surface area contributed by atoms with E-state index in [0.717, 1.165) is 11.9 Å². The van der Waals surface area contributed by atoms with Crippen LogP contribution in [0, 0.1) is 0 Å². The van der Waals surface area contributed by atoms with Gasteiger partial charge in [-0.05, 0) is 19.1 Å². The van der Waals surface area contributed by atoms with Gasteiger partial charge in [0, 0.05) is 25.0 Å². The van der Waals surface area contributed by atoms with Gasteiger partial charge in [0.25, 0.3) is 12.3 Å². The fourth-order valence-electron chi connectivity index (χ4n) is 3.54. The molecule has 0 saturated carbocycles. The van der Waals surface area contributed by atoms with Crippen molar-refractivity contribution in [1.29, 1.82) is 0 Å². The summed E-state index contributed by atoms with van der Waals surface area (Å²) < 4.78 is 34.5. The summed E-state index contributed by atoms with van der Waals surface area (Å²) in [7, 11) is 1.16. The number of hydrogen-bond donors (Lipinski definition) is 2. The summed E-state index contributed by atoms with van der Waals surface area (Å²) >= 11 is 0. The van der Waals surface area contributed by atoms with Crippen molar-refractivity contribution in [2.45, 2.75) is 32.0 Å². The van der Waals surface area contributed by atoms with Crippen molar-refractivity contribution in [3.05, 3.63) is 24.4 Å². The molecule has 1 aromatic carbocycles. The van der Waals surface area contributed by atoms with Gasteiger partial charge < -0.3 is 20.4 Å². The van der Waals surface area contributed by atoms with E-state index < -0.39 is 36.4 Å². The Bertz CT molecular complexity index is 1070. The summed E-state index contributed by atoms with van der Waals surface area (Å²) in [5.41, 5.74) is 6.45. The summed E-state index contributed by atoms with van der Waals surface area (Å²) in [6.07, 6.45) is -1.60. The lowest BCUT2D eigenvalue weighted by Crippen LogP contribution is -2.40. The molecule has 2 atom stereocenters. The van der Waals surface area contributed by atoms with Gasteiger partial charge in [0.2, 0.25) is 5.91 Å². The number of fused-ring (bicyclic) bond motifs is 3. The van der Waals surface area contributed by atoms with Crippen LogP contribution >= 0.6 is 0 Å². The molecule has 164 valence electrons. The number of carbonyl (C=O) groups is 3. The van der Waals surface area contributed by atoms with Crippen molar-refractivity contribution >= 4 is 29.4 Å². The Morgan fingerprint density at radius 2 is 2.10 bits per heavy atom. The molecule has 4 rings (SSSR count). The Morgan fingerprint density at radius 3 is 2.77 bits per heavy atom. The van der Waals surface area contributed by atoms with Gasteiger partial charge in [0.15, 0.2) is 11.9 Å². The fraction of sp³-hybridized carbons (Fsp3) is 0.368. The average molecular weight is 434 g/mol. The highest BCUT2D eigenvalue weighted by atomic mass is 19.3. The summed E-state index contributed by atoms with van der Waals surface area (Å²) in [4.78, 5) is 41.6. The van der Waals surface area contributed by atoms with E-state index in [0.29, 0.717) is 34.3 Å². The van der Waals surface area contributed by atoms with E-state index in [2.05, 4.69) is 10.3 Å². The minimum atomic E-state index is -3.06. The van der Waals surface area contributed by atoms with Gasteiger partial charge in [-0.2, -0.15) is 0 Å². The SMILES string of the molecule is C[C@H](Nc1ccc2c(c1)OCCn1cc(N3C(=O)N(C)C(=O)C3C(F)F)nc1-2)C(N)=O. The van der Waals surface area contributed by atoms with Crippen LogP contribution in [0.2, 0.25) is 0 Å². The maximum Gasteiger partial charge on any atom is 0.333 e. The molecular weight excluding hydrogens is 414 g/mol. The number of halogens is 2. The third-order valence-electron chi connectivity index (χ3n) is 5.23. The number of urea groups is 1. The molecule has 31 heavy (non-hydrogen) atoms. The van der Waals surface area contributed by atoms with E-state index >= 15 is 0 Å². The van der Waals surface area contributed by atoms with Crippen LogP contribution in [-0.4, -0.2) is 64.5 Å². The number of imide groups is 1. The van der Waals surface area contributed by atoms with E-state index in [1.165, 1.54) is 6.20 Å². The highest BCUT2D eigenvalue weighted by Crippen LogP contribution is 2.37. The molecule has 3 N–H and O–H groups in total. The first kappa shape index (κ1) is 20.6. The number of anilines is 2. The van der Waals surface area contributed by atoms with Gasteiger partial charge >= 0.3 is 6.03 Å². The molecule has 4 amide bonds. The Morgan fingerprint density at radius 1 is 1.35 bits per heavy atom. The Kier molecular flexibility index (Phi) is 4.99. The molecule has 0 aliphatic carbocycles. The Balaban J connectivity index is 1.72. The monoisotopic (exact) mass is 434 g/mol. The zero-order valence-electron chi connectivity index (χ0n) is 16.7. The Labute approximate surface area is 175 Å². The Hall–Kier alpha value is -3.70. The molecule has 1 saturated heterocycles. The highest BCUT2D eigenvalue weighted by Gasteiger charge is 2.50. The number of likely N-dealkylation sites (N-methyl/N-ethyl adjacent to an activating group) is 1. The third kappa shape index (κ3) is 3.43. The van der Waals surface area contributed by atoms with E-state index in [1.807, 2.05) is 0 Å². The van der Waals surface area contributed by atoms with Crippen LogP contribution < -0.4 is 20.7 Å². The third-order valence-corrected chi connectivity index (χ3v) is 5.23. The minimum Gasteiger partial charge on any atom is -0.491 e. The zero-order valence-corrected chi connectivity index (χ0v) is 16.7. The molecule has 2 aliphatic heterocycles. The number of hydrogen-bond acceptors (Lipinski definition) is 6. The van der Waals surface area contributed by atoms with Gasteiger partial charge in [0.05, 0.1) is 12.1 Å². The van der Waals surface area contributed by atoms with E-state index in [-0.39, 0.29) is 12.4 Å². The summed E-state index contributed by atoms with van der Waals surface area (Å²) in [5.74, 6) is -0.671. The van der Waals surface area contributed by atoms with Crippen LogP contribution in [0.25, 0.3) is 11.4 Å². The van der Waals surface area contributed by atoms with Crippen LogP contribution in [0.1, 0.15) is 6.92 Å². The van der Waals surface area contributed by atoms with Crippen molar-refractivity contribution in [3.8, 4) is 17.1 Å². The van der Waals surface area contributed by atoms with Crippen LogP contribution in [0.15, 0.2) is 24.4 Å². The number of imidazole rings is 1. The number of ether oxygens (including phenoxy) is 1. The summed E-state index contributed by atoms with van der Waals surface area (Å²) in [6, 6.07) is 1.70. The molecule has 0 bridgehead atoms. The topological polar surface area (TPSA) is 123 Å². The molecule has 0 spiro atoms. The number of nitrogens with one attached hydrogen (secondary N) is 1. The second-order valence-electron chi connectivity index (χ2n) is 7.27. The van der Waals surface area contributed by atoms with Crippen LogP contribution in [0.3, 0.4) is 0 Å². The largest absolute Gasteiger partial charge is 0.491 e. The zero-order chi connectivity index (χ0) is 22.4. The molecule has 1 fully saturated rings. The number of carbonyl (C=O) groups excluding carboxylic acids is 3. The van der Waals surface area contributed by atoms with Crippen molar-refractivity contribution in [3.63, 3.8) is 0 Å². The number of aromatic nitrogens is 2. The van der Waals surface area contributed by atoms with E-state index in [9.17, 15) is 23.2 Å². The highest BCUT2D eigenvalue weighted by molar-refractivity contribution is 6.13. The van der Waals surface area contributed by atoms with Gasteiger partial charge in [-0.1, -0.05) is 0 Å². The first-order valence-corrected chi connectivity index (χ1v) is 9.48. The number of amides is 4. The van der Waals surface area contributed by atoms with Gasteiger partial charge in [-0.3, -0.25) is 19.4 Å². The molecule has 1 aromatic heterocycles. The second kappa shape index (κ2) is 7.52. The van der Waals surface area contributed by atoms with Crippen LogP contribution in [0.4, 0.5) is 25.1 Å². The van der Waals surface area contributed by atoms with Crippen molar-refractivity contribution < 1.29 is 27.9 Å². The maximum atomic E-state index is 13.5. The molecule has 10 nitrogen and oxygen atoms in total. The fourth-order valence-corrected chi connectivity index (χ4v) is 3.54. The first-order chi connectivity index (χ1) is 14.7. The standard InChI is InChI=1S/C19H20F2N6O4/c1-9(16(22)28)23-10-3-4-11-12(7-10)31-6-5-26-8-13(24-17(11)26)27-14(15(20)21)18(29)25(2)19(27)30/h3-4,7-9,14-15,23H,5-6H2,1-2H3,(H2,22,28)/t9-,14?/m0/s1.